The molecule has 0 atom stereocenters. The van der Waals surface area contributed by atoms with Crippen molar-refractivity contribution in [2.45, 2.75) is 5.41 Å². The van der Waals surface area contributed by atoms with Gasteiger partial charge in [-0.2, -0.15) is 0 Å². The van der Waals surface area contributed by atoms with Gasteiger partial charge in [0.2, 0.25) is 0 Å². The van der Waals surface area contributed by atoms with Gasteiger partial charge in [0.25, 0.3) is 0 Å². The van der Waals surface area contributed by atoms with Crippen LogP contribution in [0.1, 0.15) is 22.3 Å². The summed E-state index contributed by atoms with van der Waals surface area (Å²) in [5.74, 6) is 0. The Kier molecular flexibility index (Phi) is 9.82. The lowest BCUT2D eigenvalue weighted by atomic mass is 9.67. The van der Waals surface area contributed by atoms with Crippen molar-refractivity contribution in [2.75, 3.05) is 4.90 Å². The van der Waals surface area contributed by atoms with Gasteiger partial charge in [0.05, 0.1) is 5.41 Å². The van der Waals surface area contributed by atoms with E-state index in [2.05, 4.69) is 290 Å². The molecule has 0 spiro atoms. The molecule has 0 amide bonds. The fraction of sp³-hybridized carbons (Fsp3) is 0.0141. The topological polar surface area (TPSA) is 3.24 Å². The third kappa shape index (κ3) is 6.70. The number of benzene rings is 13. The van der Waals surface area contributed by atoms with E-state index in [1.165, 1.54) is 110 Å². The van der Waals surface area contributed by atoms with Crippen molar-refractivity contribution >= 4 is 60.2 Å². The molecule has 0 N–H and O–H groups in total. The average molecular weight is 914 g/mol. The van der Waals surface area contributed by atoms with Gasteiger partial charge in [-0.1, -0.05) is 231 Å². The number of hydrogen-bond acceptors (Lipinski definition) is 1. The molecule has 336 valence electrons. The number of fused-ring (bicyclic) bond motifs is 9. The van der Waals surface area contributed by atoms with Crippen molar-refractivity contribution in [2.24, 2.45) is 0 Å². The van der Waals surface area contributed by atoms with Crippen LogP contribution in [-0.4, -0.2) is 0 Å². The van der Waals surface area contributed by atoms with Crippen LogP contribution in [0.15, 0.2) is 285 Å². The number of nitrogens with zero attached hydrogens (tertiary/aromatic N) is 1. The van der Waals surface area contributed by atoms with Crippen LogP contribution >= 0.6 is 0 Å². The molecule has 0 aliphatic heterocycles. The molecule has 0 fully saturated rings. The van der Waals surface area contributed by atoms with Gasteiger partial charge in [0.1, 0.15) is 0 Å². The van der Waals surface area contributed by atoms with E-state index in [-0.39, 0.29) is 0 Å². The van der Waals surface area contributed by atoms with Crippen LogP contribution in [0.5, 0.6) is 0 Å². The van der Waals surface area contributed by atoms with Crippen LogP contribution in [0, 0.1) is 0 Å². The molecule has 13 aromatic rings. The number of anilines is 3. The molecule has 1 aliphatic carbocycles. The first-order valence-electron chi connectivity index (χ1n) is 25.0. The van der Waals surface area contributed by atoms with Gasteiger partial charge in [-0.05, 0) is 164 Å². The van der Waals surface area contributed by atoms with Gasteiger partial charge in [-0.15, -0.1) is 0 Å². The largest absolute Gasteiger partial charge is 0.310 e. The molecular formula is C71H47N. The maximum atomic E-state index is 2.42. The average Bonchev–Trinajstić information content (AvgIpc) is 3.76. The molecule has 0 unspecified atom stereocenters. The highest BCUT2D eigenvalue weighted by Crippen LogP contribution is 2.56. The van der Waals surface area contributed by atoms with E-state index in [1.807, 2.05) is 0 Å². The second kappa shape index (κ2) is 17.0. The highest BCUT2D eigenvalue weighted by atomic mass is 15.1. The summed E-state index contributed by atoms with van der Waals surface area (Å²) >= 11 is 0. The monoisotopic (exact) mass is 913 g/mol. The van der Waals surface area contributed by atoms with Gasteiger partial charge in [0.15, 0.2) is 0 Å². The minimum Gasteiger partial charge on any atom is -0.310 e. The van der Waals surface area contributed by atoms with E-state index in [0.717, 1.165) is 17.1 Å². The fourth-order valence-electron chi connectivity index (χ4n) is 12.0. The van der Waals surface area contributed by atoms with Gasteiger partial charge in [0, 0.05) is 17.1 Å². The summed E-state index contributed by atoms with van der Waals surface area (Å²) < 4.78 is 0. The second-order valence-corrected chi connectivity index (χ2v) is 19.2. The molecule has 14 rings (SSSR count). The first-order valence-corrected chi connectivity index (χ1v) is 25.0. The summed E-state index contributed by atoms with van der Waals surface area (Å²) in [6, 6.07) is 105. The van der Waals surface area contributed by atoms with Crippen molar-refractivity contribution in [1.29, 1.82) is 0 Å². The van der Waals surface area contributed by atoms with E-state index < -0.39 is 5.41 Å². The van der Waals surface area contributed by atoms with Crippen LogP contribution in [0.2, 0.25) is 0 Å². The van der Waals surface area contributed by atoms with Gasteiger partial charge in [-0.3, -0.25) is 0 Å². The first-order chi connectivity index (χ1) is 35.7. The molecule has 1 nitrogen and oxygen atoms in total. The summed E-state index contributed by atoms with van der Waals surface area (Å²) in [5.41, 5.74) is 17.7. The van der Waals surface area contributed by atoms with Crippen LogP contribution in [-0.2, 0) is 5.41 Å². The lowest BCUT2D eigenvalue weighted by molar-refractivity contribution is 0.768. The molecule has 0 saturated carbocycles. The third-order valence-corrected chi connectivity index (χ3v) is 15.3. The Morgan fingerprint density at radius 3 is 1.44 bits per heavy atom. The first kappa shape index (κ1) is 41.7. The zero-order valence-corrected chi connectivity index (χ0v) is 39.6. The van der Waals surface area contributed by atoms with Gasteiger partial charge in [-0.25, -0.2) is 0 Å². The zero-order valence-electron chi connectivity index (χ0n) is 39.6. The van der Waals surface area contributed by atoms with Crippen LogP contribution in [0.4, 0.5) is 17.1 Å². The highest BCUT2D eigenvalue weighted by Gasteiger charge is 2.46. The quantitative estimate of drug-likeness (QED) is 0.137. The van der Waals surface area contributed by atoms with Crippen molar-refractivity contribution in [3.8, 4) is 44.5 Å². The Hall–Kier alpha value is -9.30. The summed E-state index contributed by atoms with van der Waals surface area (Å²) in [5, 5.41) is 10.1. The molecule has 0 aromatic heterocycles. The van der Waals surface area contributed by atoms with Gasteiger partial charge < -0.3 is 4.90 Å². The normalized spacial score (nSPS) is 12.6. The summed E-state index contributed by atoms with van der Waals surface area (Å²) in [4.78, 5) is 2.40. The van der Waals surface area contributed by atoms with E-state index in [4.69, 9.17) is 0 Å². The van der Waals surface area contributed by atoms with E-state index in [0.29, 0.717) is 0 Å². The Balaban J connectivity index is 0.884. The zero-order chi connectivity index (χ0) is 47.6. The Bertz CT molecular complexity index is 4150. The Morgan fingerprint density at radius 1 is 0.222 bits per heavy atom. The van der Waals surface area contributed by atoms with Crippen LogP contribution < -0.4 is 4.90 Å². The van der Waals surface area contributed by atoms with Crippen molar-refractivity contribution < 1.29 is 0 Å². The Morgan fingerprint density at radius 2 is 0.722 bits per heavy atom. The lowest BCUT2D eigenvalue weighted by Crippen LogP contribution is -2.28. The molecule has 1 aliphatic rings. The van der Waals surface area contributed by atoms with Crippen LogP contribution in [0.3, 0.4) is 0 Å². The fourth-order valence-corrected chi connectivity index (χ4v) is 12.0. The van der Waals surface area contributed by atoms with E-state index in [9.17, 15) is 0 Å². The second-order valence-electron chi connectivity index (χ2n) is 19.2. The van der Waals surface area contributed by atoms with Crippen molar-refractivity contribution in [3.05, 3.63) is 307 Å². The maximum Gasteiger partial charge on any atom is 0.0713 e. The maximum absolute atomic E-state index is 2.42. The predicted octanol–water partition coefficient (Wildman–Crippen LogP) is 19.1. The molecule has 13 aromatic carbocycles. The predicted molar refractivity (Wildman–Crippen MR) is 305 cm³/mol. The summed E-state index contributed by atoms with van der Waals surface area (Å²) in [6.07, 6.45) is 0. The molecule has 0 radical (unpaired) electrons. The summed E-state index contributed by atoms with van der Waals surface area (Å²) in [6.45, 7) is 0. The molecule has 0 heterocycles. The van der Waals surface area contributed by atoms with Crippen LogP contribution in [0.25, 0.3) is 87.6 Å². The molecule has 72 heavy (non-hydrogen) atoms. The lowest BCUT2D eigenvalue weighted by Gasteiger charge is -2.33. The number of hydrogen-bond donors (Lipinski definition) is 0. The minimum absolute atomic E-state index is 0.427. The molecule has 0 saturated heterocycles. The third-order valence-electron chi connectivity index (χ3n) is 15.3. The van der Waals surface area contributed by atoms with Crippen molar-refractivity contribution in [3.63, 3.8) is 0 Å². The molecule has 1 heteroatoms. The van der Waals surface area contributed by atoms with E-state index >= 15 is 0 Å². The molecular weight excluding hydrogens is 867 g/mol. The number of rotatable bonds is 8. The Labute approximate surface area is 420 Å². The van der Waals surface area contributed by atoms with E-state index in [1.54, 1.807) is 0 Å². The summed E-state index contributed by atoms with van der Waals surface area (Å²) in [7, 11) is 0. The minimum atomic E-state index is -0.427. The van der Waals surface area contributed by atoms with Crippen molar-refractivity contribution in [1.82, 2.24) is 0 Å². The highest BCUT2D eigenvalue weighted by molar-refractivity contribution is 6.14. The smallest absolute Gasteiger partial charge is 0.0713 e. The standard InChI is InChI=1S/C71H47N/c1-3-19-56(20-4-1)71(57-21-5-2-6-22-57)69-29-14-13-28-65(69)68-46-53(38-43-70(68)71)48-34-39-58(40-35-48)72(59-41-36-51(37-42-59)67-47-55-17-8-10-25-62(55)63-26-11-12-27-64(63)67)60-23-15-18-52(44-60)54-33-32-50-31-30-49-16-7-9-24-61(49)66(50)45-54/h1-47H. The van der Waals surface area contributed by atoms with Gasteiger partial charge >= 0.3 is 0 Å². The molecule has 0 bridgehead atoms. The SMILES string of the molecule is c1ccc(C2(c3ccccc3)c3ccccc3-c3cc(-c4ccc(N(c5ccc(-c6cc7ccccc7c7ccccc67)cc5)c5cccc(-c6ccc7ccc8ccccc8c7c6)c5)cc4)ccc32)cc1.